The molecule has 0 fully saturated rings. The number of benzene rings is 1. The maximum absolute atomic E-state index is 11.6. The zero-order valence-corrected chi connectivity index (χ0v) is 15.3. The third-order valence-corrected chi connectivity index (χ3v) is 4.38. The Morgan fingerprint density at radius 2 is 2.08 bits per heavy atom. The van der Waals surface area contributed by atoms with Crippen LogP contribution in [0.5, 0.6) is 0 Å². The number of aromatic nitrogens is 2. The second-order valence-corrected chi connectivity index (χ2v) is 6.17. The standard InChI is InChI=1S/C16H18N4O5S/c1-4-19(5-2)13-7-6-12(20(23)24)8-11(13)9-14(15(21)22)26-16-18-17-10(3)25-16/h6-9H,4-5H2,1-3H3,(H,21,22)/b14-9+. The summed E-state index contributed by atoms with van der Waals surface area (Å²) in [4.78, 5) is 24.1. The quantitative estimate of drug-likeness (QED) is 0.319. The fraction of sp³-hybridized carbons (Fsp3) is 0.312. The number of aryl methyl sites for hydroxylation is 1. The number of carboxylic acid groups (broad SMARTS) is 1. The summed E-state index contributed by atoms with van der Waals surface area (Å²) in [7, 11) is 0. The first-order valence-electron chi connectivity index (χ1n) is 7.82. The molecule has 1 N–H and O–H groups in total. The number of rotatable bonds is 8. The van der Waals surface area contributed by atoms with Gasteiger partial charge in [0.1, 0.15) is 4.91 Å². The van der Waals surface area contributed by atoms with Crippen molar-refractivity contribution < 1.29 is 19.2 Å². The molecular formula is C16H18N4O5S. The van der Waals surface area contributed by atoms with Crippen molar-refractivity contribution in [2.75, 3.05) is 18.0 Å². The average molecular weight is 378 g/mol. The first kappa shape index (κ1) is 19.4. The molecular weight excluding hydrogens is 360 g/mol. The number of hydrogen-bond acceptors (Lipinski definition) is 8. The highest BCUT2D eigenvalue weighted by atomic mass is 32.2. The summed E-state index contributed by atoms with van der Waals surface area (Å²) in [6.07, 6.45) is 1.38. The van der Waals surface area contributed by atoms with E-state index in [-0.39, 0.29) is 15.8 Å². The maximum atomic E-state index is 11.6. The van der Waals surface area contributed by atoms with Gasteiger partial charge in [-0.2, -0.15) is 0 Å². The van der Waals surface area contributed by atoms with Crippen LogP contribution in [0.3, 0.4) is 0 Å². The van der Waals surface area contributed by atoms with E-state index >= 15 is 0 Å². The molecule has 1 aromatic carbocycles. The van der Waals surface area contributed by atoms with Crippen molar-refractivity contribution >= 4 is 35.2 Å². The van der Waals surface area contributed by atoms with Crippen molar-refractivity contribution in [1.29, 1.82) is 0 Å². The summed E-state index contributed by atoms with van der Waals surface area (Å²) in [5.41, 5.74) is 1.03. The number of nitro benzene ring substituents is 1. The highest BCUT2D eigenvalue weighted by Gasteiger charge is 2.18. The van der Waals surface area contributed by atoms with Crippen molar-refractivity contribution in [2.45, 2.75) is 26.0 Å². The second kappa shape index (κ2) is 8.48. The molecule has 2 aromatic rings. The third-order valence-electron chi connectivity index (χ3n) is 3.53. The van der Waals surface area contributed by atoms with Crippen molar-refractivity contribution in [3.63, 3.8) is 0 Å². The molecule has 0 aliphatic carbocycles. The molecule has 0 atom stereocenters. The number of nitro groups is 1. The lowest BCUT2D eigenvalue weighted by atomic mass is 10.1. The molecule has 138 valence electrons. The number of non-ortho nitro benzene ring substituents is 1. The van der Waals surface area contributed by atoms with Gasteiger partial charge < -0.3 is 14.4 Å². The lowest BCUT2D eigenvalue weighted by molar-refractivity contribution is -0.384. The van der Waals surface area contributed by atoms with Gasteiger partial charge >= 0.3 is 5.97 Å². The zero-order valence-electron chi connectivity index (χ0n) is 14.5. The van der Waals surface area contributed by atoms with Crippen LogP contribution in [-0.2, 0) is 4.79 Å². The highest BCUT2D eigenvalue weighted by Crippen LogP contribution is 2.32. The maximum Gasteiger partial charge on any atom is 0.342 e. The van der Waals surface area contributed by atoms with Crippen LogP contribution in [0.2, 0.25) is 0 Å². The van der Waals surface area contributed by atoms with Crippen molar-refractivity contribution in [3.8, 4) is 0 Å². The second-order valence-electron chi connectivity index (χ2n) is 5.18. The monoisotopic (exact) mass is 378 g/mol. The molecule has 26 heavy (non-hydrogen) atoms. The predicted octanol–water partition coefficient (Wildman–Crippen LogP) is 3.35. The summed E-state index contributed by atoms with van der Waals surface area (Å²) >= 11 is 0.795. The van der Waals surface area contributed by atoms with Crippen LogP contribution in [0.25, 0.3) is 6.08 Å². The van der Waals surface area contributed by atoms with Crippen LogP contribution >= 0.6 is 11.8 Å². The largest absolute Gasteiger partial charge is 0.477 e. The van der Waals surface area contributed by atoms with Crippen LogP contribution in [0.1, 0.15) is 25.3 Å². The van der Waals surface area contributed by atoms with Gasteiger partial charge in [0.25, 0.3) is 10.9 Å². The van der Waals surface area contributed by atoms with Crippen LogP contribution < -0.4 is 4.90 Å². The van der Waals surface area contributed by atoms with Crippen molar-refractivity contribution in [2.24, 2.45) is 0 Å². The molecule has 0 aliphatic heterocycles. The predicted molar refractivity (Wildman–Crippen MR) is 97.2 cm³/mol. The van der Waals surface area contributed by atoms with Gasteiger partial charge in [-0.15, -0.1) is 10.2 Å². The van der Waals surface area contributed by atoms with Gasteiger partial charge in [-0.05, 0) is 37.8 Å². The van der Waals surface area contributed by atoms with Gasteiger partial charge in [0.2, 0.25) is 5.89 Å². The number of thioether (sulfide) groups is 1. The third kappa shape index (κ3) is 4.60. The molecule has 0 spiro atoms. The van der Waals surface area contributed by atoms with Crippen molar-refractivity contribution in [1.82, 2.24) is 10.2 Å². The van der Waals surface area contributed by atoms with E-state index in [2.05, 4.69) is 10.2 Å². The summed E-state index contributed by atoms with van der Waals surface area (Å²) in [6.45, 7) is 6.85. The highest BCUT2D eigenvalue weighted by molar-refractivity contribution is 8.03. The van der Waals surface area contributed by atoms with E-state index in [1.54, 1.807) is 13.0 Å². The molecule has 0 saturated carbocycles. The molecule has 0 saturated heterocycles. The minimum Gasteiger partial charge on any atom is -0.477 e. The number of hydrogen-bond donors (Lipinski definition) is 1. The molecule has 1 aromatic heterocycles. The first-order chi connectivity index (χ1) is 12.3. The fourth-order valence-corrected chi connectivity index (χ4v) is 3.02. The first-order valence-corrected chi connectivity index (χ1v) is 8.63. The van der Waals surface area contributed by atoms with E-state index in [0.717, 1.165) is 11.8 Å². The Morgan fingerprint density at radius 1 is 1.38 bits per heavy atom. The smallest absolute Gasteiger partial charge is 0.342 e. The summed E-state index contributed by atoms with van der Waals surface area (Å²) in [6, 6.07) is 4.38. The van der Waals surface area contributed by atoms with E-state index in [9.17, 15) is 20.0 Å². The van der Waals surface area contributed by atoms with Gasteiger partial charge in [-0.3, -0.25) is 10.1 Å². The molecule has 0 radical (unpaired) electrons. The Morgan fingerprint density at radius 3 is 2.58 bits per heavy atom. The van der Waals surface area contributed by atoms with E-state index in [1.807, 2.05) is 18.7 Å². The molecule has 0 bridgehead atoms. The molecule has 0 unspecified atom stereocenters. The van der Waals surface area contributed by atoms with E-state index in [0.29, 0.717) is 30.2 Å². The Hall–Kier alpha value is -2.88. The number of aliphatic carboxylic acids is 1. The summed E-state index contributed by atoms with van der Waals surface area (Å²) < 4.78 is 5.20. The molecule has 10 heteroatoms. The SMILES string of the molecule is CCN(CC)c1ccc([N+](=O)[O-])cc1/C=C(/Sc1nnc(C)o1)C(=O)O. The average Bonchev–Trinajstić information content (AvgIpc) is 3.01. The lowest BCUT2D eigenvalue weighted by Gasteiger charge is -2.23. The Labute approximate surface area is 153 Å². The normalized spacial score (nSPS) is 11.4. The summed E-state index contributed by atoms with van der Waals surface area (Å²) in [5.74, 6) is -0.876. The van der Waals surface area contributed by atoms with Gasteiger partial charge in [0.15, 0.2) is 0 Å². The topological polar surface area (TPSA) is 123 Å². The lowest BCUT2D eigenvalue weighted by Crippen LogP contribution is -2.22. The molecule has 9 nitrogen and oxygen atoms in total. The molecule has 0 amide bonds. The van der Waals surface area contributed by atoms with Gasteiger partial charge in [0.05, 0.1) is 4.92 Å². The van der Waals surface area contributed by atoms with Crippen molar-refractivity contribution in [3.05, 3.63) is 44.7 Å². The van der Waals surface area contributed by atoms with Crippen LogP contribution in [-0.4, -0.2) is 39.3 Å². The number of anilines is 1. The van der Waals surface area contributed by atoms with Gasteiger partial charge in [0, 0.05) is 43.4 Å². The molecule has 1 heterocycles. The Bertz CT molecular complexity index is 845. The number of carboxylic acids is 1. The van der Waals surface area contributed by atoms with Crippen LogP contribution in [0.4, 0.5) is 11.4 Å². The number of nitrogens with zero attached hydrogens (tertiary/aromatic N) is 4. The molecule has 2 rings (SSSR count). The van der Waals surface area contributed by atoms with Crippen LogP contribution in [0.15, 0.2) is 32.7 Å². The van der Waals surface area contributed by atoms with Gasteiger partial charge in [-0.1, -0.05) is 0 Å². The van der Waals surface area contributed by atoms with E-state index < -0.39 is 10.9 Å². The van der Waals surface area contributed by atoms with E-state index in [4.69, 9.17) is 4.42 Å². The Balaban J connectivity index is 2.53. The van der Waals surface area contributed by atoms with Crippen LogP contribution in [0, 0.1) is 17.0 Å². The summed E-state index contributed by atoms with van der Waals surface area (Å²) in [5, 5.41) is 28.1. The van der Waals surface area contributed by atoms with Gasteiger partial charge in [-0.25, -0.2) is 4.79 Å². The minimum atomic E-state index is -1.19. The Kier molecular flexibility index (Phi) is 6.34. The molecule has 0 aliphatic rings. The fourth-order valence-electron chi connectivity index (χ4n) is 2.31. The zero-order chi connectivity index (χ0) is 19.3. The van der Waals surface area contributed by atoms with E-state index in [1.165, 1.54) is 18.2 Å². The minimum absolute atomic E-state index is 0.0810. The number of carbonyl (C=O) groups is 1.